The van der Waals surface area contributed by atoms with Gasteiger partial charge in [0.25, 0.3) is 5.91 Å². The molecule has 0 aromatic heterocycles. The molecule has 1 aliphatic carbocycles. The van der Waals surface area contributed by atoms with E-state index in [4.69, 9.17) is 11.6 Å². The van der Waals surface area contributed by atoms with Crippen LogP contribution in [0.15, 0.2) is 18.2 Å². The summed E-state index contributed by atoms with van der Waals surface area (Å²) in [6, 6.07) is 5.43. The molecule has 1 saturated carbocycles. The van der Waals surface area contributed by atoms with Crippen molar-refractivity contribution in [1.82, 2.24) is 10.2 Å². The lowest BCUT2D eigenvalue weighted by molar-refractivity contribution is 0.0534. The van der Waals surface area contributed by atoms with Gasteiger partial charge in [-0.1, -0.05) is 11.6 Å². The van der Waals surface area contributed by atoms with Crippen molar-refractivity contribution in [2.24, 2.45) is 0 Å². The molecule has 1 saturated heterocycles. The van der Waals surface area contributed by atoms with Gasteiger partial charge in [-0.3, -0.25) is 9.69 Å². The Morgan fingerprint density at radius 3 is 2.48 bits per heavy atom. The van der Waals surface area contributed by atoms with Crippen molar-refractivity contribution < 1.29 is 4.79 Å². The second-order valence-corrected chi connectivity index (χ2v) is 7.98. The lowest BCUT2D eigenvalue weighted by atomic mass is 9.75. The standard InChI is InChI=1S/C18H24ClN3O/c1-17(22-10-2-3-11-22)6-8-18(9-7-17)20-15-12-13(19)4-5-14(15)16(23)21-18/h4-5,12,20H,2-3,6-11H2,1H3,(H,21,23). The molecule has 4 rings (SSSR count). The fraction of sp³-hybridized carbons (Fsp3) is 0.611. The van der Waals surface area contributed by atoms with Gasteiger partial charge >= 0.3 is 0 Å². The van der Waals surface area contributed by atoms with Crippen LogP contribution < -0.4 is 10.6 Å². The number of amides is 1. The minimum atomic E-state index is -0.312. The van der Waals surface area contributed by atoms with Crippen molar-refractivity contribution >= 4 is 23.2 Å². The number of halogens is 1. The summed E-state index contributed by atoms with van der Waals surface area (Å²) in [6.45, 7) is 4.84. The molecule has 0 atom stereocenters. The van der Waals surface area contributed by atoms with Crippen LogP contribution in [-0.4, -0.2) is 35.1 Å². The van der Waals surface area contributed by atoms with Crippen LogP contribution in [-0.2, 0) is 0 Å². The van der Waals surface area contributed by atoms with Gasteiger partial charge in [0.1, 0.15) is 5.66 Å². The highest BCUT2D eigenvalue weighted by molar-refractivity contribution is 6.31. The normalized spacial score (nSPS) is 34.1. The highest BCUT2D eigenvalue weighted by Crippen LogP contribution is 2.42. The summed E-state index contributed by atoms with van der Waals surface area (Å²) in [5, 5.41) is 7.47. The summed E-state index contributed by atoms with van der Waals surface area (Å²) in [6.07, 6.45) is 6.77. The smallest absolute Gasteiger partial charge is 0.255 e. The summed E-state index contributed by atoms with van der Waals surface area (Å²) in [5.41, 5.74) is 1.52. The predicted octanol–water partition coefficient (Wildman–Crippen LogP) is 3.62. The number of rotatable bonds is 1. The first-order valence-corrected chi connectivity index (χ1v) is 9.03. The maximum absolute atomic E-state index is 12.5. The van der Waals surface area contributed by atoms with E-state index < -0.39 is 0 Å². The molecule has 0 unspecified atom stereocenters. The van der Waals surface area contributed by atoms with Crippen molar-refractivity contribution in [3.05, 3.63) is 28.8 Å². The number of benzene rings is 1. The molecule has 1 aromatic carbocycles. The van der Waals surface area contributed by atoms with Gasteiger partial charge < -0.3 is 10.6 Å². The first-order chi connectivity index (χ1) is 11.0. The second-order valence-electron chi connectivity index (χ2n) is 7.54. The molecular formula is C18H24ClN3O. The Kier molecular flexibility index (Phi) is 3.58. The lowest BCUT2D eigenvalue weighted by Gasteiger charge is -2.51. The third-order valence-electron chi connectivity index (χ3n) is 6.00. The average molecular weight is 334 g/mol. The lowest BCUT2D eigenvalue weighted by Crippen LogP contribution is -2.62. The maximum atomic E-state index is 12.5. The summed E-state index contributed by atoms with van der Waals surface area (Å²) < 4.78 is 0. The van der Waals surface area contributed by atoms with E-state index in [1.807, 2.05) is 6.07 Å². The van der Waals surface area contributed by atoms with Crippen LogP contribution in [0.4, 0.5) is 5.69 Å². The first-order valence-electron chi connectivity index (χ1n) is 8.65. The van der Waals surface area contributed by atoms with Crippen LogP contribution in [0.2, 0.25) is 5.02 Å². The van der Waals surface area contributed by atoms with Crippen LogP contribution in [0.5, 0.6) is 0 Å². The van der Waals surface area contributed by atoms with E-state index in [9.17, 15) is 4.79 Å². The van der Waals surface area contributed by atoms with Crippen molar-refractivity contribution in [3.63, 3.8) is 0 Å². The third-order valence-corrected chi connectivity index (χ3v) is 6.24. The molecule has 2 aliphatic heterocycles. The van der Waals surface area contributed by atoms with Crippen LogP contribution in [0.1, 0.15) is 55.8 Å². The number of hydrogen-bond acceptors (Lipinski definition) is 3. The van der Waals surface area contributed by atoms with Crippen LogP contribution in [0, 0.1) is 0 Å². The topological polar surface area (TPSA) is 44.4 Å². The molecule has 0 bridgehead atoms. The van der Waals surface area contributed by atoms with Gasteiger partial charge in [-0.2, -0.15) is 0 Å². The van der Waals surface area contributed by atoms with E-state index in [1.165, 1.54) is 25.9 Å². The van der Waals surface area contributed by atoms with E-state index in [2.05, 4.69) is 22.5 Å². The van der Waals surface area contributed by atoms with E-state index >= 15 is 0 Å². The number of fused-ring (bicyclic) bond motifs is 1. The van der Waals surface area contributed by atoms with E-state index in [0.717, 1.165) is 31.4 Å². The first kappa shape index (κ1) is 15.3. The molecule has 1 spiro atoms. The van der Waals surface area contributed by atoms with Gasteiger partial charge in [-0.25, -0.2) is 0 Å². The Hall–Kier alpha value is -1.26. The molecule has 2 fully saturated rings. The zero-order valence-electron chi connectivity index (χ0n) is 13.6. The molecule has 1 aromatic rings. The van der Waals surface area contributed by atoms with Crippen LogP contribution >= 0.6 is 11.6 Å². The molecule has 2 N–H and O–H groups in total. The van der Waals surface area contributed by atoms with Gasteiger partial charge in [0.2, 0.25) is 0 Å². The number of likely N-dealkylation sites (tertiary alicyclic amines) is 1. The minimum absolute atomic E-state index is 0.0141. The Bertz CT molecular complexity index is 631. The number of carbonyl (C=O) groups excluding carboxylic acids is 1. The molecule has 3 aliphatic rings. The average Bonchev–Trinajstić information content (AvgIpc) is 3.05. The summed E-state index contributed by atoms with van der Waals surface area (Å²) in [7, 11) is 0. The maximum Gasteiger partial charge on any atom is 0.255 e. The quantitative estimate of drug-likeness (QED) is 0.825. The van der Waals surface area contributed by atoms with Crippen molar-refractivity contribution in [2.75, 3.05) is 18.4 Å². The minimum Gasteiger partial charge on any atom is -0.362 e. The fourth-order valence-corrected chi connectivity index (χ4v) is 4.60. The Labute approximate surface area is 142 Å². The highest BCUT2D eigenvalue weighted by Gasteiger charge is 2.46. The monoisotopic (exact) mass is 333 g/mol. The molecule has 124 valence electrons. The number of anilines is 1. The Balaban J connectivity index is 1.54. The van der Waals surface area contributed by atoms with Gasteiger partial charge in [0.05, 0.1) is 11.3 Å². The second kappa shape index (κ2) is 5.38. The molecule has 2 heterocycles. The van der Waals surface area contributed by atoms with Gasteiger partial charge in [-0.15, -0.1) is 0 Å². The van der Waals surface area contributed by atoms with Crippen molar-refractivity contribution in [1.29, 1.82) is 0 Å². The van der Waals surface area contributed by atoms with Gasteiger partial charge in [0, 0.05) is 10.6 Å². The number of nitrogens with zero attached hydrogens (tertiary/aromatic N) is 1. The van der Waals surface area contributed by atoms with Crippen LogP contribution in [0.25, 0.3) is 0 Å². The van der Waals surface area contributed by atoms with Gasteiger partial charge in [0.15, 0.2) is 0 Å². The zero-order valence-corrected chi connectivity index (χ0v) is 14.4. The SMILES string of the molecule is CC1(N2CCCC2)CCC2(CC1)NC(=O)c1ccc(Cl)cc1N2. The number of nitrogens with one attached hydrogen (secondary N) is 2. The van der Waals surface area contributed by atoms with Crippen LogP contribution in [0.3, 0.4) is 0 Å². The van der Waals surface area contributed by atoms with Crippen molar-refractivity contribution in [2.45, 2.75) is 56.7 Å². The molecule has 4 nitrogen and oxygen atoms in total. The number of carbonyl (C=O) groups is 1. The summed E-state index contributed by atoms with van der Waals surface area (Å²) in [5.74, 6) is 0.0141. The molecule has 23 heavy (non-hydrogen) atoms. The molecule has 5 heteroatoms. The van der Waals surface area contributed by atoms with Crippen molar-refractivity contribution in [3.8, 4) is 0 Å². The number of hydrogen-bond donors (Lipinski definition) is 2. The molecule has 0 radical (unpaired) electrons. The summed E-state index contributed by atoms with van der Waals surface area (Å²) >= 11 is 6.10. The Morgan fingerprint density at radius 1 is 1.09 bits per heavy atom. The Morgan fingerprint density at radius 2 is 1.78 bits per heavy atom. The van der Waals surface area contributed by atoms with Gasteiger partial charge in [-0.05, 0) is 76.7 Å². The fourth-order valence-electron chi connectivity index (χ4n) is 4.43. The molecule has 1 amide bonds. The predicted molar refractivity (Wildman–Crippen MR) is 93.0 cm³/mol. The summed E-state index contributed by atoms with van der Waals surface area (Å²) in [4.78, 5) is 15.1. The highest BCUT2D eigenvalue weighted by atomic mass is 35.5. The molecular weight excluding hydrogens is 310 g/mol. The third kappa shape index (κ3) is 2.62. The van der Waals surface area contributed by atoms with E-state index in [1.54, 1.807) is 12.1 Å². The zero-order chi connectivity index (χ0) is 16.1. The van der Waals surface area contributed by atoms with E-state index in [-0.39, 0.29) is 17.1 Å². The van der Waals surface area contributed by atoms with E-state index in [0.29, 0.717) is 10.6 Å². The largest absolute Gasteiger partial charge is 0.362 e.